The molecule has 0 saturated heterocycles. The van der Waals surface area contributed by atoms with E-state index in [1.807, 2.05) is 24.5 Å². The van der Waals surface area contributed by atoms with E-state index in [2.05, 4.69) is 0 Å². The Morgan fingerprint density at radius 1 is 0.944 bits per heavy atom. The Bertz CT molecular complexity index is 541. The molecule has 1 unspecified atom stereocenters. The fraction of sp³-hybridized carbons (Fsp3) is 0.125. The lowest BCUT2D eigenvalue weighted by atomic mass is 9.98. The monoisotopic (exact) mass is 237 g/mol. The number of rotatable bonds is 4. The van der Waals surface area contributed by atoms with Crippen LogP contribution in [0.25, 0.3) is 0 Å². The molecule has 1 radical (unpaired) electrons. The van der Waals surface area contributed by atoms with Gasteiger partial charge in [0.1, 0.15) is 0 Å². The van der Waals surface area contributed by atoms with E-state index < -0.39 is 0 Å². The molecule has 0 aliphatic heterocycles. The average Bonchev–Trinajstić information content (AvgIpc) is 2.47. The normalized spacial score (nSPS) is 11.8. The van der Waals surface area contributed by atoms with E-state index in [0.29, 0.717) is 11.1 Å². The molecule has 0 amide bonds. The van der Waals surface area contributed by atoms with E-state index in [1.165, 1.54) is 0 Å². The van der Waals surface area contributed by atoms with E-state index in [4.69, 9.17) is 0 Å². The van der Waals surface area contributed by atoms with Gasteiger partial charge in [-0.05, 0) is 5.56 Å². The molecule has 0 aromatic heterocycles. The van der Waals surface area contributed by atoms with Crippen molar-refractivity contribution in [1.82, 2.24) is 0 Å². The molecule has 0 saturated carbocycles. The maximum atomic E-state index is 12.1. The first kappa shape index (κ1) is 12.2. The highest BCUT2D eigenvalue weighted by atomic mass is 16.1. The number of hydrogen-bond acceptors (Lipinski definition) is 2. The summed E-state index contributed by atoms with van der Waals surface area (Å²) in [7, 11) is 0. The second kappa shape index (κ2) is 5.41. The van der Waals surface area contributed by atoms with Crippen molar-refractivity contribution < 1.29 is 9.59 Å². The van der Waals surface area contributed by atoms with Crippen molar-refractivity contribution in [3.63, 3.8) is 0 Å². The Morgan fingerprint density at radius 2 is 1.50 bits per heavy atom. The molecule has 0 fully saturated rings. The molecule has 0 spiro atoms. The summed E-state index contributed by atoms with van der Waals surface area (Å²) in [5.41, 5.74) is 2.16. The molecule has 2 rings (SSSR count). The molecule has 0 heterocycles. The zero-order valence-corrected chi connectivity index (χ0v) is 10.1. The third-order valence-corrected chi connectivity index (χ3v) is 2.89. The van der Waals surface area contributed by atoms with Crippen LogP contribution in [0.15, 0.2) is 54.6 Å². The minimum Gasteiger partial charge on any atom is -0.290 e. The van der Waals surface area contributed by atoms with Crippen molar-refractivity contribution in [3.8, 4) is 0 Å². The molecule has 0 aliphatic rings. The maximum Gasteiger partial charge on any atom is 0.206 e. The van der Waals surface area contributed by atoms with Gasteiger partial charge in [0.05, 0.1) is 0 Å². The summed E-state index contributed by atoms with van der Waals surface area (Å²) < 4.78 is 0. The van der Waals surface area contributed by atoms with Crippen LogP contribution in [-0.4, -0.2) is 12.1 Å². The summed E-state index contributed by atoms with van der Waals surface area (Å²) in [6.45, 7) is 1.78. The second-order valence-electron chi connectivity index (χ2n) is 4.16. The first-order valence-electron chi connectivity index (χ1n) is 5.79. The second-order valence-corrected chi connectivity index (χ2v) is 4.16. The molecule has 2 aromatic rings. The molecule has 0 N–H and O–H groups in total. The third-order valence-electron chi connectivity index (χ3n) is 2.89. The van der Waals surface area contributed by atoms with Gasteiger partial charge >= 0.3 is 0 Å². The summed E-state index contributed by atoms with van der Waals surface area (Å²) in [6, 6.07) is 16.2. The van der Waals surface area contributed by atoms with Crippen LogP contribution in [-0.2, 0) is 4.79 Å². The smallest absolute Gasteiger partial charge is 0.206 e. The van der Waals surface area contributed by atoms with Crippen LogP contribution in [0.1, 0.15) is 34.3 Å². The van der Waals surface area contributed by atoms with Crippen LogP contribution in [0, 0.1) is 0 Å². The van der Waals surface area contributed by atoms with Crippen molar-refractivity contribution in [3.05, 3.63) is 71.3 Å². The summed E-state index contributed by atoms with van der Waals surface area (Å²) in [6.07, 6.45) is 1.93. The van der Waals surface area contributed by atoms with Crippen LogP contribution in [0.2, 0.25) is 0 Å². The lowest BCUT2D eigenvalue weighted by Gasteiger charge is -2.05. The fourth-order valence-electron chi connectivity index (χ4n) is 1.75. The largest absolute Gasteiger partial charge is 0.290 e. The van der Waals surface area contributed by atoms with Gasteiger partial charge in [-0.3, -0.25) is 9.59 Å². The van der Waals surface area contributed by atoms with Gasteiger partial charge in [0.25, 0.3) is 0 Å². The van der Waals surface area contributed by atoms with Gasteiger partial charge < -0.3 is 0 Å². The number of hydrogen-bond donors (Lipinski definition) is 0. The van der Waals surface area contributed by atoms with Gasteiger partial charge in [0.2, 0.25) is 6.29 Å². The fourth-order valence-corrected chi connectivity index (χ4v) is 1.75. The quantitative estimate of drug-likeness (QED) is 0.765. The SMILES string of the molecule is CC([C]=O)c1ccc(C(=O)c2ccccc2)cc1. The van der Waals surface area contributed by atoms with E-state index >= 15 is 0 Å². The molecule has 89 valence electrons. The summed E-state index contributed by atoms with van der Waals surface area (Å²) in [5, 5.41) is 0. The Labute approximate surface area is 106 Å². The maximum absolute atomic E-state index is 12.1. The standard InChI is InChI=1S/C16H13O2/c1-12(11-17)13-7-9-15(10-8-13)16(18)14-5-3-2-4-6-14/h2-10,12H,1H3. The Morgan fingerprint density at radius 3 is 2.06 bits per heavy atom. The molecular weight excluding hydrogens is 224 g/mol. The van der Waals surface area contributed by atoms with Crippen LogP contribution in [0.5, 0.6) is 0 Å². The van der Waals surface area contributed by atoms with Gasteiger partial charge in [0, 0.05) is 17.0 Å². The van der Waals surface area contributed by atoms with Crippen LogP contribution < -0.4 is 0 Å². The highest BCUT2D eigenvalue weighted by Gasteiger charge is 2.09. The first-order chi connectivity index (χ1) is 8.72. The lowest BCUT2D eigenvalue weighted by Crippen LogP contribution is -2.02. The van der Waals surface area contributed by atoms with E-state index in [1.54, 1.807) is 43.3 Å². The predicted octanol–water partition coefficient (Wildman–Crippen LogP) is 3.13. The number of carbonyl (C=O) groups excluding carboxylic acids is 2. The van der Waals surface area contributed by atoms with Crippen molar-refractivity contribution in [1.29, 1.82) is 0 Å². The van der Waals surface area contributed by atoms with E-state index in [9.17, 15) is 9.59 Å². The lowest BCUT2D eigenvalue weighted by molar-refractivity contribution is 0.103. The topological polar surface area (TPSA) is 34.1 Å². The van der Waals surface area contributed by atoms with Gasteiger partial charge in [-0.1, -0.05) is 61.5 Å². The highest BCUT2D eigenvalue weighted by molar-refractivity contribution is 6.08. The van der Waals surface area contributed by atoms with Crippen molar-refractivity contribution >= 4 is 12.1 Å². The van der Waals surface area contributed by atoms with E-state index in [-0.39, 0.29) is 11.7 Å². The molecule has 18 heavy (non-hydrogen) atoms. The molecule has 0 aliphatic carbocycles. The number of benzene rings is 2. The molecule has 2 heteroatoms. The van der Waals surface area contributed by atoms with Gasteiger partial charge in [0.15, 0.2) is 5.78 Å². The summed E-state index contributed by atoms with van der Waals surface area (Å²) in [4.78, 5) is 22.7. The van der Waals surface area contributed by atoms with Crippen molar-refractivity contribution in [2.45, 2.75) is 12.8 Å². The zero-order valence-electron chi connectivity index (χ0n) is 10.1. The van der Waals surface area contributed by atoms with Crippen LogP contribution >= 0.6 is 0 Å². The number of ketones is 1. The summed E-state index contributed by atoms with van der Waals surface area (Å²) in [5.74, 6) is -0.268. The molecule has 0 bridgehead atoms. The zero-order chi connectivity index (χ0) is 13.0. The predicted molar refractivity (Wildman–Crippen MR) is 70.4 cm³/mol. The van der Waals surface area contributed by atoms with Crippen molar-refractivity contribution in [2.24, 2.45) is 0 Å². The van der Waals surface area contributed by atoms with Gasteiger partial charge in [-0.15, -0.1) is 0 Å². The van der Waals surface area contributed by atoms with Crippen LogP contribution in [0.4, 0.5) is 0 Å². The molecule has 2 nitrogen and oxygen atoms in total. The van der Waals surface area contributed by atoms with E-state index in [0.717, 1.165) is 5.56 Å². The summed E-state index contributed by atoms with van der Waals surface area (Å²) >= 11 is 0. The van der Waals surface area contributed by atoms with Crippen molar-refractivity contribution in [2.75, 3.05) is 0 Å². The van der Waals surface area contributed by atoms with Crippen LogP contribution in [0.3, 0.4) is 0 Å². The Kier molecular flexibility index (Phi) is 3.68. The third kappa shape index (κ3) is 2.54. The Hall–Kier alpha value is -2.22. The first-order valence-corrected chi connectivity index (χ1v) is 5.79. The average molecular weight is 237 g/mol. The molecule has 1 atom stereocenters. The molecule has 2 aromatic carbocycles. The molecular formula is C16H13O2. The van der Waals surface area contributed by atoms with Gasteiger partial charge in [-0.25, -0.2) is 0 Å². The van der Waals surface area contributed by atoms with Gasteiger partial charge in [-0.2, -0.15) is 0 Å². The minimum absolute atomic E-state index is 0.00937. The number of carbonyl (C=O) groups is 1. The minimum atomic E-state index is -0.258. The highest BCUT2D eigenvalue weighted by Crippen LogP contribution is 2.16. The Balaban J connectivity index is 2.25.